The molecular weight excluding hydrogens is 228 g/mol. The standard InChI is InChI=1S/C13H20N4O/c1-10-7-15-12(9-14-10)13(18)16-8-11(2)17-5-3-4-6-17/h7,9,11H,3-6,8H2,1-2H3,(H,16,18)/t11-/m0/s1. The molecule has 0 saturated carbocycles. The molecule has 1 atom stereocenters. The Labute approximate surface area is 108 Å². The van der Waals surface area contributed by atoms with Gasteiger partial charge >= 0.3 is 0 Å². The van der Waals surface area contributed by atoms with Crippen molar-refractivity contribution in [3.05, 3.63) is 23.8 Å². The summed E-state index contributed by atoms with van der Waals surface area (Å²) in [5.41, 5.74) is 1.20. The molecule has 1 aromatic rings. The summed E-state index contributed by atoms with van der Waals surface area (Å²) in [7, 11) is 0. The predicted molar refractivity (Wildman–Crippen MR) is 69.4 cm³/mol. The minimum atomic E-state index is -0.145. The molecule has 5 nitrogen and oxygen atoms in total. The molecule has 1 aromatic heterocycles. The zero-order valence-electron chi connectivity index (χ0n) is 11.0. The molecule has 1 saturated heterocycles. The van der Waals surface area contributed by atoms with Gasteiger partial charge in [-0.25, -0.2) is 4.98 Å². The molecule has 1 aliphatic rings. The van der Waals surface area contributed by atoms with Crippen LogP contribution in [-0.4, -0.2) is 46.5 Å². The smallest absolute Gasteiger partial charge is 0.271 e. The molecule has 0 bridgehead atoms. The van der Waals surface area contributed by atoms with Gasteiger partial charge in [0.15, 0.2) is 0 Å². The minimum absolute atomic E-state index is 0.145. The molecule has 2 rings (SSSR count). The van der Waals surface area contributed by atoms with E-state index in [0.717, 1.165) is 18.8 Å². The van der Waals surface area contributed by atoms with Crippen LogP contribution >= 0.6 is 0 Å². The van der Waals surface area contributed by atoms with Gasteiger partial charge in [0.1, 0.15) is 5.69 Å². The Morgan fingerprint density at radius 3 is 2.72 bits per heavy atom. The predicted octanol–water partition coefficient (Wildman–Crippen LogP) is 0.999. The molecule has 18 heavy (non-hydrogen) atoms. The van der Waals surface area contributed by atoms with Crippen LogP contribution in [0.4, 0.5) is 0 Å². The van der Waals surface area contributed by atoms with E-state index in [0.29, 0.717) is 18.3 Å². The van der Waals surface area contributed by atoms with Crippen LogP contribution in [0.5, 0.6) is 0 Å². The molecule has 1 fully saturated rings. The van der Waals surface area contributed by atoms with Crippen LogP contribution in [-0.2, 0) is 0 Å². The van der Waals surface area contributed by atoms with Crippen LogP contribution in [0, 0.1) is 6.92 Å². The summed E-state index contributed by atoms with van der Waals surface area (Å²) in [6.45, 7) is 6.94. The van der Waals surface area contributed by atoms with E-state index < -0.39 is 0 Å². The van der Waals surface area contributed by atoms with E-state index in [1.807, 2.05) is 6.92 Å². The lowest BCUT2D eigenvalue weighted by atomic mass is 10.3. The summed E-state index contributed by atoms with van der Waals surface area (Å²) in [5.74, 6) is -0.145. The molecule has 1 aliphatic heterocycles. The summed E-state index contributed by atoms with van der Waals surface area (Å²) in [4.78, 5) is 22.4. The van der Waals surface area contributed by atoms with Gasteiger partial charge in [-0.15, -0.1) is 0 Å². The van der Waals surface area contributed by atoms with Gasteiger partial charge in [-0.05, 0) is 39.8 Å². The normalized spacial score (nSPS) is 17.7. The van der Waals surface area contributed by atoms with Gasteiger partial charge in [-0.3, -0.25) is 14.7 Å². The number of rotatable bonds is 4. The quantitative estimate of drug-likeness (QED) is 0.863. The molecule has 5 heteroatoms. The Bertz CT molecular complexity index is 398. The lowest BCUT2D eigenvalue weighted by Crippen LogP contribution is -2.40. The number of carbonyl (C=O) groups excluding carboxylic acids is 1. The number of nitrogens with zero attached hydrogens (tertiary/aromatic N) is 3. The summed E-state index contributed by atoms with van der Waals surface area (Å²) >= 11 is 0. The van der Waals surface area contributed by atoms with E-state index in [2.05, 4.69) is 27.1 Å². The monoisotopic (exact) mass is 248 g/mol. The molecule has 1 N–H and O–H groups in total. The number of amides is 1. The maximum atomic E-state index is 11.8. The van der Waals surface area contributed by atoms with E-state index in [1.165, 1.54) is 19.0 Å². The Hall–Kier alpha value is -1.49. The number of likely N-dealkylation sites (tertiary alicyclic amines) is 1. The van der Waals surface area contributed by atoms with Gasteiger partial charge in [-0.2, -0.15) is 0 Å². The summed E-state index contributed by atoms with van der Waals surface area (Å²) in [6.07, 6.45) is 5.66. The van der Waals surface area contributed by atoms with Gasteiger partial charge in [-0.1, -0.05) is 0 Å². The maximum absolute atomic E-state index is 11.8. The molecule has 0 unspecified atom stereocenters. The second kappa shape index (κ2) is 5.91. The van der Waals surface area contributed by atoms with E-state index >= 15 is 0 Å². The highest BCUT2D eigenvalue weighted by Gasteiger charge is 2.18. The third-order valence-corrected chi connectivity index (χ3v) is 3.34. The van der Waals surface area contributed by atoms with Crippen molar-refractivity contribution in [3.8, 4) is 0 Å². The van der Waals surface area contributed by atoms with Crippen molar-refractivity contribution in [1.82, 2.24) is 20.2 Å². The Morgan fingerprint density at radius 1 is 1.39 bits per heavy atom. The van der Waals surface area contributed by atoms with Crippen LogP contribution in [0.2, 0.25) is 0 Å². The zero-order valence-corrected chi connectivity index (χ0v) is 11.0. The van der Waals surface area contributed by atoms with Crippen molar-refractivity contribution in [2.75, 3.05) is 19.6 Å². The highest BCUT2D eigenvalue weighted by molar-refractivity contribution is 5.91. The van der Waals surface area contributed by atoms with Crippen LogP contribution in [0.1, 0.15) is 35.9 Å². The van der Waals surface area contributed by atoms with Gasteiger partial charge in [0, 0.05) is 18.8 Å². The fourth-order valence-corrected chi connectivity index (χ4v) is 2.15. The number of aromatic nitrogens is 2. The van der Waals surface area contributed by atoms with Gasteiger partial charge in [0.05, 0.1) is 11.9 Å². The first-order valence-corrected chi connectivity index (χ1v) is 6.47. The highest BCUT2D eigenvalue weighted by Crippen LogP contribution is 2.10. The summed E-state index contributed by atoms with van der Waals surface area (Å²) < 4.78 is 0. The molecular formula is C13H20N4O. The average Bonchev–Trinajstić information content (AvgIpc) is 2.90. The number of carbonyl (C=O) groups is 1. The molecule has 0 aliphatic carbocycles. The number of hydrogen-bond acceptors (Lipinski definition) is 4. The van der Waals surface area contributed by atoms with Gasteiger partial charge < -0.3 is 5.32 Å². The third kappa shape index (κ3) is 3.26. The van der Waals surface area contributed by atoms with Crippen molar-refractivity contribution in [3.63, 3.8) is 0 Å². The van der Waals surface area contributed by atoms with Crippen LogP contribution in [0.25, 0.3) is 0 Å². The third-order valence-electron chi connectivity index (χ3n) is 3.34. The van der Waals surface area contributed by atoms with Gasteiger partial charge in [0.2, 0.25) is 0 Å². The highest BCUT2D eigenvalue weighted by atomic mass is 16.1. The second-order valence-corrected chi connectivity index (χ2v) is 4.85. The first-order chi connectivity index (χ1) is 8.66. The SMILES string of the molecule is Cc1cnc(C(=O)NC[C@H](C)N2CCCC2)cn1. The Kier molecular flexibility index (Phi) is 4.25. The Balaban J connectivity index is 1.82. The fraction of sp³-hybridized carbons (Fsp3) is 0.615. The lowest BCUT2D eigenvalue weighted by Gasteiger charge is -2.23. The van der Waals surface area contributed by atoms with Crippen molar-refractivity contribution >= 4 is 5.91 Å². The van der Waals surface area contributed by atoms with Crippen molar-refractivity contribution < 1.29 is 4.79 Å². The minimum Gasteiger partial charge on any atom is -0.349 e. The topological polar surface area (TPSA) is 58.1 Å². The fourth-order valence-electron chi connectivity index (χ4n) is 2.15. The maximum Gasteiger partial charge on any atom is 0.271 e. The van der Waals surface area contributed by atoms with Crippen molar-refractivity contribution in [1.29, 1.82) is 0 Å². The summed E-state index contributed by atoms with van der Waals surface area (Å²) in [5, 5.41) is 2.91. The molecule has 0 aromatic carbocycles. The molecule has 2 heterocycles. The number of hydrogen-bond donors (Lipinski definition) is 1. The van der Waals surface area contributed by atoms with Crippen molar-refractivity contribution in [2.45, 2.75) is 32.7 Å². The number of aryl methyl sites for hydroxylation is 1. The first kappa shape index (κ1) is 13.0. The average molecular weight is 248 g/mol. The lowest BCUT2D eigenvalue weighted by molar-refractivity contribution is 0.0935. The molecule has 0 radical (unpaired) electrons. The van der Waals surface area contributed by atoms with Crippen LogP contribution in [0.15, 0.2) is 12.4 Å². The molecule has 0 spiro atoms. The van der Waals surface area contributed by atoms with E-state index in [4.69, 9.17) is 0 Å². The van der Waals surface area contributed by atoms with Crippen LogP contribution < -0.4 is 5.32 Å². The van der Waals surface area contributed by atoms with Crippen LogP contribution in [0.3, 0.4) is 0 Å². The second-order valence-electron chi connectivity index (χ2n) is 4.85. The molecule has 1 amide bonds. The largest absolute Gasteiger partial charge is 0.349 e. The summed E-state index contributed by atoms with van der Waals surface area (Å²) in [6, 6.07) is 0.384. The first-order valence-electron chi connectivity index (χ1n) is 6.47. The van der Waals surface area contributed by atoms with E-state index in [1.54, 1.807) is 6.20 Å². The number of nitrogens with one attached hydrogen (secondary N) is 1. The van der Waals surface area contributed by atoms with E-state index in [9.17, 15) is 4.79 Å². The van der Waals surface area contributed by atoms with E-state index in [-0.39, 0.29) is 5.91 Å². The van der Waals surface area contributed by atoms with Crippen molar-refractivity contribution in [2.24, 2.45) is 0 Å². The molecule has 98 valence electrons. The van der Waals surface area contributed by atoms with Gasteiger partial charge in [0.25, 0.3) is 5.91 Å². The zero-order chi connectivity index (χ0) is 13.0. The Morgan fingerprint density at radius 2 is 2.11 bits per heavy atom.